The number of nitrogens with zero attached hydrogens (tertiary/aromatic N) is 4. The minimum absolute atomic E-state index is 0.0594. The van der Waals surface area contributed by atoms with Crippen LogP contribution < -0.4 is 5.32 Å². The van der Waals surface area contributed by atoms with Crippen LogP contribution >= 0.6 is 0 Å². The van der Waals surface area contributed by atoms with Gasteiger partial charge < -0.3 is 14.6 Å². The molecular weight excluding hydrogens is 310 g/mol. The third kappa shape index (κ3) is 2.65. The zero-order chi connectivity index (χ0) is 16.5. The van der Waals surface area contributed by atoms with Crippen LogP contribution in [0, 0.1) is 5.92 Å². The van der Waals surface area contributed by atoms with E-state index in [9.17, 15) is 4.79 Å². The van der Waals surface area contributed by atoms with Crippen molar-refractivity contribution in [2.24, 2.45) is 5.92 Å². The van der Waals surface area contributed by atoms with Crippen LogP contribution in [0.25, 0.3) is 11.4 Å². The highest BCUT2D eigenvalue weighted by molar-refractivity contribution is 5.73. The van der Waals surface area contributed by atoms with Crippen molar-refractivity contribution < 1.29 is 14.1 Å². The molecule has 0 bridgehead atoms. The summed E-state index contributed by atoms with van der Waals surface area (Å²) in [6, 6.07) is 0. The number of nitrogens with one attached hydrogen (secondary N) is 1. The number of hydrogen-bond donors (Lipinski definition) is 1. The van der Waals surface area contributed by atoms with E-state index in [0.29, 0.717) is 24.7 Å². The summed E-state index contributed by atoms with van der Waals surface area (Å²) in [6.45, 7) is 4.07. The first-order valence-electron chi connectivity index (χ1n) is 8.56. The van der Waals surface area contributed by atoms with Gasteiger partial charge in [0.15, 0.2) is 0 Å². The van der Waals surface area contributed by atoms with Crippen LogP contribution in [0.1, 0.15) is 44.4 Å². The van der Waals surface area contributed by atoms with Gasteiger partial charge in [0.05, 0.1) is 24.3 Å². The van der Waals surface area contributed by atoms with Gasteiger partial charge in [-0.2, -0.15) is 10.1 Å². The lowest BCUT2D eigenvalue weighted by molar-refractivity contribution is -0.147. The fourth-order valence-corrected chi connectivity index (χ4v) is 3.53. The zero-order valence-electron chi connectivity index (χ0n) is 13.7. The molecule has 2 atom stereocenters. The Morgan fingerprint density at radius 3 is 3.29 bits per heavy atom. The van der Waals surface area contributed by atoms with Gasteiger partial charge in [0.1, 0.15) is 5.82 Å². The molecule has 1 saturated carbocycles. The molecule has 0 radical (unpaired) electrons. The summed E-state index contributed by atoms with van der Waals surface area (Å²) in [5, 5.41) is 11.8. The van der Waals surface area contributed by atoms with E-state index >= 15 is 0 Å². The van der Waals surface area contributed by atoms with Crippen molar-refractivity contribution in [3.8, 4) is 11.4 Å². The fraction of sp³-hybridized carbons (Fsp3) is 0.625. The molecule has 0 unspecified atom stereocenters. The van der Waals surface area contributed by atoms with E-state index in [1.54, 1.807) is 6.20 Å². The normalized spacial score (nSPS) is 22.9. The minimum atomic E-state index is -0.116. The standard InChI is InChI=1S/C16H21N5O3/c1-2-23-16(22)11-5-4-10(8-11)15-19-13(20-24-15)12-9-18-21-7-3-6-17-14(12)21/h9-11,17H,2-8H2,1H3/t10-,11+/m0/s1. The largest absolute Gasteiger partial charge is 0.466 e. The van der Waals surface area contributed by atoms with Crippen LogP contribution in [0.3, 0.4) is 0 Å². The van der Waals surface area contributed by atoms with E-state index in [0.717, 1.165) is 43.7 Å². The summed E-state index contributed by atoms with van der Waals surface area (Å²) in [5.41, 5.74) is 0.865. The van der Waals surface area contributed by atoms with Crippen molar-refractivity contribution in [2.75, 3.05) is 18.5 Å². The maximum absolute atomic E-state index is 11.9. The van der Waals surface area contributed by atoms with Crippen LogP contribution in [0.2, 0.25) is 0 Å². The highest BCUT2D eigenvalue weighted by Crippen LogP contribution is 2.39. The maximum atomic E-state index is 11.9. The molecule has 0 spiro atoms. The van der Waals surface area contributed by atoms with Gasteiger partial charge in [0, 0.05) is 19.0 Å². The third-order valence-corrected chi connectivity index (χ3v) is 4.76. The molecule has 8 nitrogen and oxygen atoms in total. The number of carbonyl (C=O) groups is 1. The van der Waals surface area contributed by atoms with Crippen LogP contribution in [0.4, 0.5) is 5.82 Å². The lowest BCUT2D eigenvalue weighted by Gasteiger charge is -2.15. The van der Waals surface area contributed by atoms with Gasteiger partial charge in [-0.25, -0.2) is 4.68 Å². The molecule has 1 aliphatic carbocycles. The van der Waals surface area contributed by atoms with E-state index in [2.05, 4.69) is 20.6 Å². The monoisotopic (exact) mass is 331 g/mol. The Morgan fingerprint density at radius 1 is 1.50 bits per heavy atom. The van der Waals surface area contributed by atoms with Crippen molar-refractivity contribution in [2.45, 2.75) is 45.1 Å². The second-order valence-electron chi connectivity index (χ2n) is 6.33. The summed E-state index contributed by atoms with van der Waals surface area (Å²) >= 11 is 0. The van der Waals surface area contributed by atoms with Crippen molar-refractivity contribution in [1.82, 2.24) is 19.9 Å². The first-order valence-corrected chi connectivity index (χ1v) is 8.56. The van der Waals surface area contributed by atoms with Crippen LogP contribution in [-0.4, -0.2) is 39.0 Å². The summed E-state index contributed by atoms with van der Waals surface area (Å²) in [7, 11) is 0. The summed E-state index contributed by atoms with van der Waals surface area (Å²) in [6.07, 6.45) is 5.23. The predicted octanol–water partition coefficient (Wildman–Crippen LogP) is 2.20. The number of fused-ring (bicyclic) bond motifs is 1. The smallest absolute Gasteiger partial charge is 0.308 e. The molecule has 0 aromatic carbocycles. The van der Waals surface area contributed by atoms with E-state index in [1.807, 2.05) is 11.6 Å². The van der Waals surface area contributed by atoms with Crippen molar-refractivity contribution in [3.63, 3.8) is 0 Å². The van der Waals surface area contributed by atoms with Crippen molar-refractivity contribution in [1.29, 1.82) is 0 Å². The Morgan fingerprint density at radius 2 is 2.42 bits per heavy atom. The molecule has 128 valence electrons. The van der Waals surface area contributed by atoms with Gasteiger partial charge in [-0.15, -0.1) is 0 Å². The highest BCUT2D eigenvalue weighted by atomic mass is 16.5. The molecule has 1 fully saturated rings. The second kappa shape index (κ2) is 6.26. The van der Waals surface area contributed by atoms with Crippen LogP contribution in [0.15, 0.2) is 10.7 Å². The van der Waals surface area contributed by atoms with Crippen LogP contribution in [0.5, 0.6) is 0 Å². The maximum Gasteiger partial charge on any atom is 0.308 e. The zero-order valence-corrected chi connectivity index (χ0v) is 13.7. The van der Waals surface area contributed by atoms with E-state index in [-0.39, 0.29) is 17.8 Å². The highest BCUT2D eigenvalue weighted by Gasteiger charge is 2.35. The Bertz CT molecular complexity index is 738. The molecule has 8 heteroatoms. The fourth-order valence-electron chi connectivity index (χ4n) is 3.53. The average molecular weight is 331 g/mol. The molecular formula is C16H21N5O3. The summed E-state index contributed by atoms with van der Waals surface area (Å²) < 4.78 is 12.5. The number of anilines is 1. The van der Waals surface area contributed by atoms with Gasteiger partial charge in [-0.3, -0.25) is 4.79 Å². The molecule has 0 amide bonds. The number of hydrogen-bond acceptors (Lipinski definition) is 7. The Kier molecular flexibility index (Phi) is 3.95. The van der Waals surface area contributed by atoms with Crippen molar-refractivity contribution >= 4 is 11.8 Å². The van der Waals surface area contributed by atoms with Crippen molar-refractivity contribution in [3.05, 3.63) is 12.1 Å². The van der Waals surface area contributed by atoms with Gasteiger partial charge in [-0.05, 0) is 32.6 Å². The molecule has 24 heavy (non-hydrogen) atoms. The lowest BCUT2D eigenvalue weighted by atomic mass is 10.1. The first-order chi connectivity index (χ1) is 11.8. The quantitative estimate of drug-likeness (QED) is 0.858. The number of carbonyl (C=O) groups excluding carboxylic acids is 1. The molecule has 4 rings (SSSR count). The molecule has 3 heterocycles. The molecule has 2 aliphatic rings. The van der Waals surface area contributed by atoms with E-state index < -0.39 is 0 Å². The Labute approximate surface area is 139 Å². The first kappa shape index (κ1) is 15.2. The van der Waals surface area contributed by atoms with Gasteiger partial charge in [-0.1, -0.05) is 5.16 Å². The van der Waals surface area contributed by atoms with Gasteiger partial charge in [0.2, 0.25) is 11.7 Å². The molecule has 2 aromatic rings. The summed E-state index contributed by atoms with van der Waals surface area (Å²) in [4.78, 5) is 16.4. The average Bonchev–Trinajstić information content (AvgIpc) is 3.32. The second-order valence-corrected chi connectivity index (χ2v) is 6.33. The molecule has 2 aromatic heterocycles. The molecule has 1 N–H and O–H groups in total. The third-order valence-electron chi connectivity index (χ3n) is 4.76. The Balaban J connectivity index is 1.50. The van der Waals surface area contributed by atoms with Gasteiger partial charge in [0.25, 0.3) is 0 Å². The van der Waals surface area contributed by atoms with E-state index in [1.165, 1.54) is 0 Å². The Hall–Kier alpha value is -2.38. The number of rotatable bonds is 4. The summed E-state index contributed by atoms with van der Waals surface area (Å²) in [5.74, 6) is 2.06. The SMILES string of the molecule is CCOC(=O)[C@@H]1CC[C@H](c2nc(-c3cnn4c3NCCC4)no2)C1. The molecule has 1 aliphatic heterocycles. The number of aromatic nitrogens is 4. The van der Waals surface area contributed by atoms with Gasteiger partial charge >= 0.3 is 5.97 Å². The number of ether oxygens (including phenoxy) is 1. The van der Waals surface area contributed by atoms with Crippen LogP contribution in [-0.2, 0) is 16.1 Å². The minimum Gasteiger partial charge on any atom is -0.466 e. The molecule has 0 saturated heterocycles. The number of aryl methyl sites for hydroxylation is 1. The topological polar surface area (TPSA) is 95.1 Å². The van der Waals surface area contributed by atoms with E-state index in [4.69, 9.17) is 9.26 Å². The predicted molar refractivity (Wildman–Crippen MR) is 85.3 cm³/mol. The number of esters is 1. The lowest BCUT2D eigenvalue weighted by Crippen LogP contribution is -2.17.